The lowest BCUT2D eigenvalue weighted by Crippen LogP contribution is -2.50. The molecular weight excluding hydrogens is 284 g/mol. The topological polar surface area (TPSA) is 97.6 Å². The number of amides is 1. The van der Waals surface area contributed by atoms with Gasteiger partial charge in [-0.15, -0.1) is 0 Å². The maximum atomic E-state index is 12.0. The molecule has 1 fully saturated rings. The van der Waals surface area contributed by atoms with Crippen LogP contribution < -0.4 is 10.2 Å². The van der Waals surface area contributed by atoms with Gasteiger partial charge in [0.1, 0.15) is 12.0 Å². The highest BCUT2D eigenvalue weighted by molar-refractivity contribution is 7.07. The quantitative estimate of drug-likeness (QED) is 0.804. The van der Waals surface area contributed by atoms with Crippen LogP contribution in [0.5, 0.6) is 0 Å². The summed E-state index contributed by atoms with van der Waals surface area (Å²) in [5, 5.41) is 13.5. The minimum Gasteiger partial charge on any atom is -0.481 e. The van der Waals surface area contributed by atoms with E-state index >= 15 is 0 Å². The Morgan fingerprint density at radius 1 is 1.65 bits per heavy atom. The van der Waals surface area contributed by atoms with Crippen LogP contribution in [0.2, 0.25) is 0 Å². The third-order valence-electron chi connectivity index (χ3n) is 3.56. The van der Waals surface area contributed by atoms with E-state index in [0.29, 0.717) is 5.69 Å². The Kier molecular flexibility index (Phi) is 3.96. The summed E-state index contributed by atoms with van der Waals surface area (Å²) < 4.78 is 6.51. The number of nitrogens with zero attached hydrogens (tertiary/aromatic N) is 1. The van der Waals surface area contributed by atoms with Gasteiger partial charge in [-0.2, -0.15) is 0 Å². The Hall–Kier alpha value is -1.67. The van der Waals surface area contributed by atoms with Gasteiger partial charge in [-0.3, -0.25) is 19.0 Å². The fraction of sp³-hybridized carbons (Fsp3) is 0.583. The van der Waals surface area contributed by atoms with E-state index in [-0.39, 0.29) is 24.6 Å². The number of aromatic nitrogens is 1. The molecule has 1 aliphatic rings. The van der Waals surface area contributed by atoms with E-state index in [1.807, 2.05) is 0 Å². The van der Waals surface area contributed by atoms with Crippen molar-refractivity contribution in [1.29, 1.82) is 0 Å². The van der Waals surface area contributed by atoms with Crippen molar-refractivity contribution in [3.8, 4) is 0 Å². The van der Waals surface area contributed by atoms with Gasteiger partial charge in [0.05, 0.1) is 19.3 Å². The number of hydrogen-bond acceptors (Lipinski definition) is 5. The van der Waals surface area contributed by atoms with E-state index in [1.54, 1.807) is 12.3 Å². The summed E-state index contributed by atoms with van der Waals surface area (Å²) in [5.41, 5.74) is -0.427. The number of carboxylic acids is 1. The first-order chi connectivity index (χ1) is 9.34. The Morgan fingerprint density at radius 3 is 2.90 bits per heavy atom. The van der Waals surface area contributed by atoms with E-state index in [2.05, 4.69) is 5.32 Å². The lowest BCUT2D eigenvalue weighted by molar-refractivity contribution is -0.149. The maximum Gasteiger partial charge on any atom is 0.313 e. The molecule has 0 radical (unpaired) electrons. The van der Waals surface area contributed by atoms with Crippen molar-refractivity contribution in [3.63, 3.8) is 0 Å². The number of thiazole rings is 1. The molecule has 0 bridgehead atoms. The van der Waals surface area contributed by atoms with Gasteiger partial charge in [0.25, 0.3) is 0 Å². The molecule has 1 amide bonds. The highest BCUT2D eigenvalue weighted by Gasteiger charge is 2.47. The molecule has 2 N–H and O–H groups in total. The number of hydrogen-bond donors (Lipinski definition) is 2. The van der Waals surface area contributed by atoms with Crippen molar-refractivity contribution < 1.29 is 19.4 Å². The molecular formula is C12H16N2O5S. The summed E-state index contributed by atoms with van der Waals surface area (Å²) in [5.74, 6) is -1.40. The van der Waals surface area contributed by atoms with Gasteiger partial charge in [0, 0.05) is 11.1 Å². The number of nitrogens with one attached hydrogen (secondary N) is 1. The predicted octanol–water partition coefficient (Wildman–Crippen LogP) is -0.176. The van der Waals surface area contributed by atoms with Crippen molar-refractivity contribution in [2.45, 2.75) is 26.4 Å². The zero-order valence-electron chi connectivity index (χ0n) is 11.2. The fourth-order valence-corrected chi connectivity index (χ4v) is 2.80. The second-order valence-corrected chi connectivity index (χ2v) is 5.91. The molecule has 0 aliphatic carbocycles. The molecule has 1 aromatic rings. The number of carboxylic acid groups (broad SMARTS) is 1. The molecule has 0 aromatic carbocycles. The predicted molar refractivity (Wildman–Crippen MR) is 71.8 cm³/mol. The Bertz CT molecular complexity index is 593. The average molecular weight is 300 g/mol. The van der Waals surface area contributed by atoms with Crippen molar-refractivity contribution in [2.24, 2.45) is 5.41 Å². The second-order valence-electron chi connectivity index (χ2n) is 5.09. The molecule has 2 rings (SSSR count). The van der Waals surface area contributed by atoms with Gasteiger partial charge < -0.3 is 15.2 Å². The van der Waals surface area contributed by atoms with Crippen molar-refractivity contribution >= 4 is 23.2 Å². The SMILES string of the molecule is Cc1csc(=O)n1CC(=O)NC1COCC1(C)C(=O)O. The summed E-state index contributed by atoms with van der Waals surface area (Å²) in [7, 11) is 0. The first-order valence-electron chi connectivity index (χ1n) is 6.10. The van der Waals surface area contributed by atoms with Crippen LogP contribution in [0.4, 0.5) is 0 Å². The monoisotopic (exact) mass is 300 g/mol. The zero-order chi connectivity index (χ0) is 14.9. The summed E-state index contributed by atoms with van der Waals surface area (Å²) >= 11 is 1.03. The molecule has 2 atom stereocenters. The van der Waals surface area contributed by atoms with Crippen LogP contribution in [-0.4, -0.2) is 40.8 Å². The number of carbonyl (C=O) groups excluding carboxylic acids is 1. The summed E-state index contributed by atoms with van der Waals surface area (Å²) in [6.07, 6.45) is 0. The molecule has 0 saturated carbocycles. The Balaban J connectivity index is 2.05. The Labute approximate surface area is 119 Å². The molecule has 20 heavy (non-hydrogen) atoms. The first-order valence-corrected chi connectivity index (χ1v) is 6.98. The largest absolute Gasteiger partial charge is 0.481 e. The summed E-state index contributed by atoms with van der Waals surface area (Å²) in [6, 6.07) is -0.595. The van der Waals surface area contributed by atoms with Crippen molar-refractivity contribution in [3.05, 3.63) is 20.7 Å². The molecule has 1 saturated heterocycles. The van der Waals surface area contributed by atoms with Crippen LogP contribution in [0.1, 0.15) is 12.6 Å². The minimum absolute atomic E-state index is 0.0602. The van der Waals surface area contributed by atoms with E-state index in [1.165, 1.54) is 11.5 Å². The van der Waals surface area contributed by atoms with Crippen molar-refractivity contribution in [1.82, 2.24) is 9.88 Å². The molecule has 2 heterocycles. The summed E-state index contributed by atoms with van der Waals surface area (Å²) in [4.78, 5) is 34.5. The van der Waals surface area contributed by atoms with E-state index in [9.17, 15) is 19.5 Å². The molecule has 110 valence electrons. The number of carbonyl (C=O) groups is 2. The molecule has 7 nitrogen and oxygen atoms in total. The van der Waals surface area contributed by atoms with Crippen LogP contribution in [0.15, 0.2) is 10.2 Å². The average Bonchev–Trinajstić information content (AvgIpc) is 2.88. The molecule has 2 unspecified atom stereocenters. The first kappa shape index (κ1) is 14.7. The van der Waals surface area contributed by atoms with Gasteiger partial charge in [0.2, 0.25) is 5.91 Å². The maximum absolute atomic E-state index is 12.0. The van der Waals surface area contributed by atoms with Crippen LogP contribution in [0, 0.1) is 12.3 Å². The van der Waals surface area contributed by atoms with Gasteiger partial charge in [0.15, 0.2) is 0 Å². The number of aryl methyl sites for hydroxylation is 1. The number of ether oxygens (including phenoxy) is 1. The van der Waals surface area contributed by atoms with Gasteiger partial charge in [-0.05, 0) is 13.8 Å². The standard InChI is InChI=1S/C12H16N2O5S/c1-7-5-20-11(18)14(7)3-9(15)13-8-4-19-6-12(8,2)10(16)17/h5,8H,3-4,6H2,1-2H3,(H,13,15)(H,16,17). The van der Waals surface area contributed by atoms with Crippen LogP contribution in [-0.2, 0) is 20.9 Å². The second kappa shape index (κ2) is 5.37. The van der Waals surface area contributed by atoms with Crippen molar-refractivity contribution in [2.75, 3.05) is 13.2 Å². The smallest absolute Gasteiger partial charge is 0.313 e. The molecule has 0 spiro atoms. The van der Waals surface area contributed by atoms with Crippen LogP contribution in [0.3, 0.4) is 0 Å². The molecule has 1 aliphatic heterocycles. The normalized spacial score (nSPS) is 25.6. The lowest BCUT2D eigenvalue weighted by atomic mass is 9.85. The van der Waals surface area contributed by atoms with Gasteiger partial charge >= 0.3 is 10.8 Å². The van der Waals surface area contributed by atoms with E-state index < -0.39 is 23.3 Å². The number of aliphatic carboxylic acids is 1. The fourth-order valence-electron chi connectivity index (χ4n) is 2.06. The highest BCUT2D eigenvalue weighted by Crippen LogP contribution is 2.28. The minimum atomic E-state index is -1.13. The number of rotatable bonds is 4. The van der Waals surface area contributed by atoms with Crippen LogP contribution >= 0.6 is 11.3 Å². The Morgan fingerprint density at radius 2 is 2.35 bits per heavy atom. The zero-order valence-corrected chi connectivity index (χ0v) is 12.0. The lowest BCUT2D eigenvalue weighted by Gasteiger charge is -2.25. The third kappa shape index (κ3) is 2.61. The summed E-state index contributed by atoms with van der Waals surface area (Å²) in [6.45, 7) is 3.39. The van der Waals surface area contributed by atoms with E-state index in [4.69, 9.17) is 4.74 Å². The van der Waals surface area contributed by atoms with Gasteiger partial charge in [-0.25, -0.2) is 0 Å². The molecule has 1 aromatic heterocycles. The van der Waals surface area contributed by atoms with E-state index in [0.717, 1.165) is 11.3 Å². The molecule has 8 heteroatoms. The third-order valence-corrected chi connectivity index (χ3v) is 4.44. The van der Waals surface area contributed by atoms with Gasteiger partial charge in [-0.1, -0.05) is 11.3 Å². The van der Waals surface area contributed by atoms with Crippen LogP contribution in [0.25, 0.3) is 0 Å². The highest BCUT2D eigenvalue weighted by atomic mass is 32.1.